The van der Waals surface area contributed by atoms with Gasteiger partial charge in [0.1, 0.15) is 0 Å². The Bertz CT molecular complexity index is 1230. The van der Waals surface area contributed by atoms with E-state index in [0.717, 1.165) is 66.8 Å². The number of rotatable bonds is 7. The number of carboxylic acids is 1. The predicted octanol–water partition coefficient (Wildman–Crippen LogP) is 4.24. The summed E-state index contributed by atoms with van der Waals surface area (Å²) in [5.74, 6) is -0.602. The van der Waals surface area contributed by atoms with Crippen LogP contribution < -0.4 is 10.2 Å². The first kappa shape index (κ1) is 23.4. The molecule has 1 spiro atoms. The molecule has 2 aliphatic rings. The van der Waals surface area contributed by atoms with Gasteiger partial charge in [-0.1, -0.05) is 35.9 Å². The minimum atomic E-state index is -0.795. The van der Waals surface area contributed by atoms with Crippen LogP contribution in [0.5, 0.6) is 0 Å². The smallest absolute Gasteiger partial charge is 0.303 e. The number of nitrogens with zero attached hydrogens (tertiary/aromatic N) is 4. The minimum absolute atomic E-state index is 0.130. The zero-order chi connectivity index (χ0) is 24.4. The number of carbonyl (C=O) groups excluding carboxylic acids is 1. The lowest BCUT2D eigenvalue weighted by molar-refractivity contribution is -0.137. The van der Waals surface area contributed by atoms with Crippen LogP contribution in [0.2, 0.25) is 5.02 Å². The molecule has 35 heavy (non-hydrogen) atoms. The molecule has 8 nitrogen and oxygen atoms in total. The predicted molar refractivity (Wildman–Crippen MR) is 134 cm³/mol. The molecular weight excluding hydrogens is 466 g/mol. The second-order valence-corrected chi connectivity index (χ2v) is 9.76. The van der Waals surface area contributed by atoms with Crippen molar-refractivity contribution in [3.8, 4) is 22.3 Å². The third-order valence-electron chi connectivity index (χ3n) is 7.22. The molecule has 5 rings (SSSR count). The number of amides is 1. The number of halogens is 1. The lowest BCUT2D eigenvalue weighted by atomic mass is 9.77. The van der Waals surface area contributed by atoms with Gasteiger partial charge in [-0.25, -0.2) is 0 Å². The molecule has 2 N–H and O–H groups in total. The van der Waals surface area contributed by atoms with Gasteiger partial charge in [-0.2, -0.15) is 5.10 Å². The Morgan fingerprint density at radius 3 is 2.49 bits per heavy atom. The van der Waals surface area contributed by atoms with Crippen molar-refractivity contribution in [3.63, 3.8) is 0 Å². The van der Waals surface area contributed by atoms with Crippen LogP contribution in [-0.2, 0) is 16.1 Å². The number of piperidine rings is 1. The summed E-state index contributed by atoms with van der Waals surface area (Å²) in [5, 5.41) is 16.8. The molecule has 2 aromatic heterocycles. The number of carbonyl (C=O) groups is 2. The number of aryl methyl sites for hydroxylation is 1. The maximum Gasteiger partial charge on any atom is 0.303 e. The molecule has 0 radical (unpaired) electrons. The quantitative estimate of drug-likeness (QED) is 0.510. The van der Waals surface area contributed by atoms with E-state index in [4.69, 9.17) is 16.7 Å². The fraction of sp³-hybridized carbons (Fsp3) is 0.385. The Hall–Kier alpha value is -3.39. The molecule has 1 amide bonds. The minimum Gasteiger partial charge on any atom is -0.481 e. The molecule has 1 aromatic carbocycles. The van der Waals surface area contributed by atoms with Gasteiger partial charge in [0.15, 0.2) is 0 Å². The zero-order valence-corrected chi connectivity index (χ0v) is 20.2. The lowest BCUT2D eigenvalue weighted by Gasteiger charge is -2.39. The van der Waals surface area contributed by atoms with Crippen LogP contribution in [0.1, 0.15) is 32.1 Å². The summed E-state index contributed by atoms with van der Waals surface area (Å²) in [5.41, 5.74) is 4.74. The Morgan fingerprint density at radius 2 is 1.80 bits per heavy atom. The van der Waals surface area contributed by atoms with Gasteiger partial charge < -0.3 is 15.3 Å². The van der Waals surface area contributed by atoms with Crippen LogP contribution in [0.4, 0.5) is 5.69 Å². The second kappa shape index (κ2) is 9.70. The first-order valence-corrected chi connectivity index (χ1v) is 12.3. The van der Waals surface area contributed by atoms with Crippen LogP contribution in [0.3, 0.4) is 0 Å². The Kier molecular flexibility index (Phi) is 6.47. The van der Waals surface area contributed by atoms with Gasteiger partial charge in [0.25, 0.3) is 0 Å². The third kappa shape index (κ3) is 4.75. The Balaban J connectivity index is 1.33. The van der Waals surface area contributed by atoms with Crippen molar-refractivity contribution in [2.45, 2.75) is 38.6 Å². The summed E-state index contributed by atoms with van der Waals surface area (Å²) in [7, 11) is 0. The summed E-state index contributed by atoms with van der Waals surface area (Å²) in [4.78, 5) is 29.7. The number of aliphatic carboxylic acids is 1. The highest BCUT2D eigenvalue weighted by Crippen LogP contribution is 2.43. The van der Waals surface area contributed by atoms with E-state index < -0.39 is 5.97 Å². The van der Waals surface area contributed by atoms with Crippen molar-refractivity contribution in [2.75, 3.05) is 24.5 Å². The molecule has 0 saturated carbocycles. The fourth-order valence-electron chi connectivity index (χ4n) is 5.18. The number of carboxylic acid groups (broad SMARTS) is 1. The fourth-order valence-corrected chi connectivity index (χ4v) is 5.46. The number of anilines is 1. The highest BCUT2D eigenvalue weighted by Gasteiger charge is 2.44. The van der Waals surface area contributed by atoms with E-state index in [0.29, 0.717) is 18.0 Å². The number of nitrogens with one attached hydrogen (secondary N) is 1. The number of aromatic nitrogens is 3. The van der Waals surface area contributed by atoms with Gasteiger partial charge in [-0.05, 0) is 36.8 Å². The van der Waals surface area contributed by atoms with Crippen LogP contribution >= 0.6 is 11.6 Å². The molecule has 3 aromatic rings. The second-order valence-electron chi connectivity index (χ2n) is 9.36. The molecule has 0 atom stereocenters. The number of hydrogen-bond acceptors (Lipinski definition) is 5. The average molecular weight is 494 g/mol. The van der Waals surface area contributed by atoms with E-state index >= 15 is 0 Å². The van der Waals surface area contributed by atoms with Gasteiger partial charge in [-0.3, -0.25) is 19.3 Å². The van der Waals surface area contributed by atoms with Crippen molar-refractivity contribution in [2.24, 2.45) is 5.41 Å². The molecule has 0 unspecified atom stereocenters. The molecule has 182 valence electrons. The van der Waals surface area contributed by atoms with Crippen LogP contribution in [0.25, 0.3) is 22.3 Å². The van der Waals surface area contributed by atoms with E-state index in [1.807, 2.05) is 24.5 Å². The van der Waals surface area contributed by atoms with Gasteiger partial charge in [0.05, 0.1) is 22.3 Å². The normalized spacial score (nSPS) is 17.1. The van der Waals surface area contributed by atoms with E-state index in [2.05, 4.69) is 32.4 Å². The highest BCUT2D eigenvalue weighted by atomic mass is 35.5. The first-order valence-electron chi connectivity index (χ1n) is 12.0. The summed E-state index contributed by atoms with van der Waals surface area (Å²) < 4.78 is 1.78. The zero-order valence-electron chi connectivity index (χ0n) is 19.4. The molecule has 2 saturated heterocycles. The molecule has 9 heteroatoms. The van der Waals surface area contributed by atoms with Crippen LogP contribution in [-0.4, -0.2) is 51.4 Å². The van der Waals surface area contributed by atoms with Crippen molar-refractivity contribution in [3.05, 3.63) is 54.1 Å². The van der Waals surface area contributed by atoms with Gasteiger partial charge in [0.2, 0.25) is 5.91 Å². The maximum absolute atomic E-state index is 12.4. The van der Waals surface area contributed by atoms with Crippen molar-refractivity contribution >= 4 is 29.2 Å². The van der Waals surface area contributed by atoms with E-state index in [1.165, 1.54) is 0 Å². The SMILES string of the molecule is O=C(O)CCCn1cc(-c2ccc(-c3cncc(Cl)c3N3CCC4(CCNC4=O)CC3)cc2)cn1. The Labute approximate surface area is 208 Å². The van der Waals surface area contributed by atoms with Crippen LogP contribution in [0, 0.1) is 5.41 Å². The summed E-state index contributed by atoms with van der Waals surface area (Å²) >= 11 is 6.65. The number of hydrogen-bond donors (Lipinski definition) is 2. The van der Waals surface area contributed by atoms with E-state index in [9.17, 15) is 9.59 Å². The average Bonchev–Trinajstić information content (AvgIpc) is 3.47. The largest absolute Gasteiger partial charge is 0.481 e. The van der Waals surface area contributed by atoms with E-state index in [1.54, 1.807) is 17.1 Å². The maximum atomic E-state index is 12.4. The monoisotopic (exact) mass is 493 g/mol. The Morgan fingerprint density at radius 1 is 1.06 bits per heavy atom. The van der Waals surface area contributed by atoms with Gasteiger partial charge in [0, 0.05) is 62.3 Å². The molecule has 2 fully saturated rings. The summed E-state index contributed by atoms with van der Waals surface area (Å²) in [6.45, 7) is 2.90. The summed E-state index contributed by atoms with van der Waals surface area (Å²) in [6, 6.07) is 8.22. The van der Waals surface area contributed by atoms with Crippen molar-refractivity contribution < 1.29 is 14.7 Å². The molecular formula is C26H28ClN5O3. The molecule has 0 aliphatic carbocycles. The third-order valence-corrected chi connectivity index (χ3v) is 7.50. The molecule has 0 bridgehead atoms. The van der Waals surface area contributed by atoms with Crippen molar-refractivity contribution in [1.29, 1.82) is 0 Å². The highest BCUT2D eigenvalue weighted by molar-refractivity contribution is 6.33. The van der Waals surface area contributed by atoms with Gasteiger partial charge >= 0.3 is 5.97 Å². The van der Waals surface area contributed by atoms with Crippen LogP contribution in [0.15, 0.2) is 49.1 Å². The number of pyridine rings is 1. The topological polar surface area (TPSA) is 100 Å². The molecule has 4 heterocycles. The lowest BCUT2D eigenvalue weighted by Crippen LogP contribution is -2.44. The van der Waals surface area contributed by atoms with Gasteiger partial charge in [-0.15, -0.1) is 0 Å². The van der Waals surface area contributed by atoms with Crippen molar-refractivity contribution in [1.82, 2.24) is 20.1 Å². The molecule has 2 aliphatic heterocycles. The summed E-state index contributed by atoms with van der Waals surface area (Å²) in [6.07, 6.45) is 10.5. The first-order chi connectivity index (χ1) is 16.9. The van der Waals surface area contributed by atoms with E-state index in [-0.39, 0.29) is 17.7 Å². The standard InChI is InChI=1S/C26H28ClN5O3/c27-22-16-28-15-21(24(22)31-12-8-26(9-13-31)7-10-29-25(26)35)19-5-3-18(4-6-19)20-14-30-32(17-20)11-1-2-23(33)34/h3-6,14-17H,1-2,7-13H2,(H,29,35)(H,33,34). The number of benzene rings is 1.